The normalized spacial score (nSPS) is 31.8. The van der Waals surface area contributed by atoms with E-state index in [9.17, 15) is 40.5 Å². The van der Waals surface area contributed by atoms with E-state index >= 15 is 0 Å². The van der Waals surface area contributed by atoms with Crippen LogP contribution in [0.1, 0.15) is 84.5 Å². The third-order valence-corrected chi connectivity index (χ3v) is 8.32. The number of esters is 1. The van der Waals surface area contributed by atoms with E-state index < -0.39 is 86.7 Å². The fourth-order valence-electron chi connectivity index (χ4n) is 5.29. The Kier molecular flexibility index (Phi) is 22.0. The van der Waals surface area contributed by atoms with Gasteiger partial charge >= 0.3 is 5.97 Å². The van der Waals surface area contributed by atoms with Gasteiger partial charge in [-0.3, -0.25) is 4.79 Å². The highest BCUT2D eigenvalue weighted by Gasteiger charge is 2.45. The van der Waals surface area contributed by atoms with E-state index in [1.807, 2.05) is 12.2 Å². The summed E-state index contributed by atoms with van der Waals surface area (Å²) in [6, 6.07) is 0. The third kappa shape index (κ3) is 15.8. The van der Waals surface area contributed by atoms with Crippen molar-refractivity contribution in [3.05, 3.63) is 48.6 Å². The molecule has 1 unspecified atom stereocenters. The molecule has 0 saturated carbocycles. The Morgan fingerprint density at radius 3 is 1.59 bits per heavy atom. The van der Waals surface area contributed by atoms with Crippen LogP contribution in [0.2, 0.25) is 0 Å². The predicted octanol–water partition coefficient (Wildman–Crippen LogP) is 2.09. The van der Waals surface area contributed by atoms with Crippen LogP contribution in [0.3, 0.4) is 0 Å². The molecule has 2 fully saturated rings. The highest BCUT2D eigenvalue weighted by molar-refractivity contribution is 5.69. The summed E-state index contributed by atoms with van der Waals surface area (Å²) in [6.45, 7) is 2.54. The van der Waals surface area contributed by atoms with Crippen LogP contribution in [0.25, 0.3) is 0 Å². The Morgan fingerprint density at radius 1 is 0.633 bits per heavy atom. The second-order valence-electron chi connectivity index (χ2n) is 12.4. The second-order valence-corrected chi connectivity index (χ2v) is 12.4. The lowest BCUT2D eigenvalue weighted by Crippen LogP contribution is -2.59. The van der Waals surface area contributed by atoms with Gasteiger partial charge < -0.3 is 59.4 Å². The summed E-state index contributed by atoms with van der Waals surface area (Å²) >= 11 is 0. The molecule has 13 nitrogen and oxygen atoms in total. The molecule has 0 bridgehead atoms. The Labute approximate surface area is 290 Å². The van der Waals surface area contributed by atoms with Crippen molar-refractivity contribution in [3.63, 3.8) is 0 Å². The van der Waals surface area contributed by atoms with Crippen LogP contribution in [-0.4, -0.2) is 129 Å². The van der Waals surface area contributed by atoms with E-state index in [0.29, 0.717) is 19.3 Å². The quantitative estimate of drug-likeness (QED) is 0.0464. The molecule has 11 atom stereocenters. The summed E-state index contributed by atoms with van der Waals surface area (Å²) in [7, 11) is 0. The van der Waals surface area contributed by atoms with E-state index in [1.54, 1.807) is 6.92 Å². The molecule has 0 aromatic carbocycles. The molecule has 13 heteroatoms. The van der Waals surface area contributed by atoms with E-state index in [0.717, 1.165) is 25.7 Å². The molecular formula is C36H60O13. The molecule has 7 N–H and O–H groups in total. The van der Waals surface area contributed by atoms with Crippen molar-refractivity contribution in [3.8, 4) is 0 Å². The first-order chi connectivity index (χ1) is 23.6. The van der Waals surface area contributed by atoms with Crippen LogP contribution in [0.5, 0.6) is 0 Å². The van der Waals surface area contributed by atoms with E-state index in [2.05, 4.69) is 43.4 Å². The Balaban J connectivity index is 1.81. The van der Waals surface area contributed by atoms with Gasteiger partial charge in [0.1, 0.15) is 48.8 Å². The van der Waals surface area contributed by atoms with Crippen LogP contribution >= 0.6 is 0 Å². The van der Waals surface area contributed by atoms with Crippen molar-refractivity contribution in [2.75, 3.05) is 19.8 Å². The van der Waals surface area contributed by atoms with Gasteiger partial charge in [0.05, 0.1) is 25.9 Å². The number of rotatable bonds is 23. The molecule has 0 radical (unpaired) electrons. The van der Waals surface area contributed by atoms with E-state index in [-0.39, 0.29) is 13.0 Å². The van der Waals surface area contributed by atoms with Crippen molar-refractivity contribution in [2.24, 2.45) is 0 Å². The number of aliphatic hydroxyl groups excluding tert-OH is 7. The zero-order chi connectivity index (χ0) is 36.0. The highest BCUT2D eigenvalue weighted by Crippen LogP contribution is 2.25. The number of unbranched alkanes of at least 4 members (excludes halogenated alkanes) is 4. The molecule has 0 aromatic heterocycles. The Bertz CT molecular complexity index is 957. The minimum absolute atomic E-state index is 0.0833. The van der Waals surface area contributed by atoms with Crippen molar-refractivity contribution >= 4 is 5.97 Å². The van der Waals surface area contributed by atoms with Gasteiger partial charge in [-0.1, -0.05) is 75.3 Å². The second kappa shape index (κ2) is 25.0. The topological polar surface area (TPSA) is 205 Å². The van der Waals surface area contributed by atoms with Gasteiger partial charge in [0, 0.05) is 6.42 Å². The molecule has 0 aromatic rings. The molecule has 0 spiro atoms. The zero-order valence-corrected chi connectivity index (χ0v) is 28.9. The predicted molar refractivity (Wildman–Crippen MR) is 181 cm³/mol. The van der Waals surface area contributed by atoms with E-state index in [4.69, 9.17) is 23.7 Å². The molecule has 49 heavy (non-hydrogen) atoms. The third-order valence-electron chi connectivity index (χ3n) is 8.32. The van der Waals surface area contributed by atoms with Crippen molar-refractivity contribution < 1.29 is 64.2 Å². The summed E-state index contributed by atoms with van der Waals surface area (Å²) < 4.78 is 27.7. The van der Waals surface area contributed by atoms with Crippen LogP contribution in [0, 0.1) is 0 Å². The average Bonchev–Trinajstić information content (AvgIpc) is 3.10. The summed E-state index contributed by atoms with van der Waals surface area (Å²) in [5, 5.41) is 70.5. The summed E-state index contributed by atoms with van der Waals surface area (Å²) in [5.41, 5.74) is 0. The first-order valence-electron chi connectivity index (χ1n) is 17.7. The number of hydrogen-bond donors (Lipinski definition) is 7. The van der Waals surface area contributed by atoms with Crippen LogP contribution in [-0.2, 0) is 28.5 Å². The van der Waals surface area contributed by atoms with Gasteiger partial charge in [-0.05, 0) is 51.4 Å². The van der Waals surface area contributed by atoms with Crippen molar-refractivity contribution in [1.82, 2.24) is 0 Å². The lowest BCUT2D eigenvalue weighted by atomic mass is 9.97. The fraction of sp³-hybridized carbons (Fsp3) is 0.750. The first kappa shape index (κ1) is 43.2. The minimum Gasteiger partial charge on any atom is -0.457 e. The van der Waals surface area contributed by atoms with Crippen LogP contribution < -0.4 is 0 Å². The van der Waals surface area contributed by atoms with Gasteiger partial charge in [0.25, 0.3) is 0 Å². The monoisotopic (exact) mass is 700 g/mol. The van der Waals surface area contributed by atoms with Gasteiger partial charge in [-0.15, -0.1) is 0 Å². The molecule has 2 saturated heterocycles. The minimum atomic E-state index is -1.66. The highest BCUT2D eigenvalue weighted by atomic mass is 16.7. The zero-order valence-electron chi connectivity index (χ0n) is 28.9. The Hall–Kier alpha value is -2.01. The number of aliphatic hydroxyl groups is 7. The van der Waals surface area contributed by atoms with Gasteiger partial charge in [0.15, 0.2) is 12.6 Å². The number of hydrogen-bond acceptors (Lipinski definition) is 13. The summed E-state index contributed by atoms with van der Waals surface area (Å²) in [4.78, 5) is 12.7. The number of carbonyl (C=O) groups is 1. The first-order valence-corrected chi connectivity index (χ1v) is 17.7. The molecule has 0 aliphatic carbocycles. The molecular weight excluding hydrogens is 640 g/mol. The van der Waals surface area contributed by atoms with Gasteiger partial charge in [-0.2, -0.15) is 0 Å². The average molecular weight is 701 g/mol. The molecule has 282 valence electrons. The molecule has 0 amide bonds. The van der Waals surface area contributed by atoms with Gasteiger partial charge in [0.2, 0.25) is 0 Å². The fourth-order valence-corrected chi connectivity index (χ4v) is 5.29. The maximum atomic E-state index is 12.7. The lowest BCUT2D eigenvalue weighted by Gasteiger charge is -2.41. The maximum Gasteiger partial charge on any atom is 0.306 e. The molecule has 2 aliphatic rings. The van der Waals surface area contributed by atoms with Crippen molar-refractivity contribution in [2.45, 2.75) is 152 Å². The molecule has 2 aliphatic heterocycles. The smallest absolute Gasteiger partial charge is 0.306 e. The number of ether oxygens (including phenoxy) is 5. The standard InChI is InChI=1S/C36H60O13/c1-3-5-6-7-8-9-10-11-12-13-14-15-16-17-18-19-20-21-28(38)47-25(23-45-35-33(43)31(41)29(39)26(4-2)48-35)24-46-36-34(44)32(42)30(40)27(22-37)49-36/h8-9,11-12,14-15,17-18,25-27,29-37,39-44H,3-7,10,13,16,19-24H2,1-2H3/b9-8-,12-11-,15-14-,18-17-/t25?,26-,27-,29-,30-,31+,32+,33-,34-,35-,36-/m1/s1. The maximum absolute atomic E-state index is 12.7. The molecule has 2 heterocycles. The SMILES string of the molecule is CCCCC/C=C\C/C=C\C/C=C\C/C=C\CCCC(=O)OC(CO[C@@H]1O[C@H](CC)[C@@H](O)[C@H](O)[C@H]1O)CO[C@@H]1O[C@H](CO)[C@@H](O)[C@H](O)[C@H]1O. The number of carbonyl (C=O) groups excluding carboxylic acids is 1. The largest absolute Gasteiger partial charge is 0.457 e. The van der Waals surface area contributed by atoms with Crippen LogP contribution in [0.15, 0.2) is 48.6 Å². The number of allylic oxidation sites excluding steroid dienone is 8. The van der Waals surface area contributed by atoms with Gasteiger partial charge in [-0.25, -0.2) is 0 Å². The van der Waals surface area contributed by atoms with Crippen LogP contribution in [0.4, 0.5) is 0 Å². The summed E-state index contributed by atoms with van der Waals surface area (Å²) in [6.07, 6.45) is 10.9. The summed E-state index contributed by atoms with van der Waals surface area (Å²) in [5.74, 6) is -0.561. The van der Waals surface area contributed by atoms with E-state index in [1.165, 1.54) is 19.3 Å². The van der Waals surface area contributed by atoms with Crippen molar-refractivity contribution in [1.29, 1.82) is 0 Å². The Morgan fingerprint density at radius 2 is 1.10 bits per heavy atom. The molecule has 2 rings (SSSR count). The lowest BCUT2D eigenvalue weighted by molar-refractivity contribution is -0.313.